The zero-order chi connectivity index (χ0) is 14.9. The number of anilines is 1. The Morgan fingerprint density at radius 1 is 1.00 bits per heavy atom. The van der Waals surface area contributed by atoms with Crippen molar-refractivity contribution >= 4 is 28.7 Å². The van der Waals surface area contributed by atoms with Gasteiger partial charge in [0.25, 0.3) is 0 Å². The molecule has 1 aliphatic carbocycles. The summed E-state index contributed by atoms with van der Waals surface area (Å²) in [6.07, 6.45) is 12.1. The SMILES string of the molecule is Clc1ccc2c(c1)N=C(c1ccncc1)C1C=CC=CC1N2. The van der Waals surface area contributed by atoms with Gasteiger partial charge in [0.2, 0.25) is 0 Å². The van der Waals surface area contributed by atoms with Crippen molar-refractivity contribution in [1.29, 1.82) is 0 Å². The molecule has 1 aromatic heterocycles. The van der Waals surface area contributed by atoms with E-state index in [0.717, 1.165) is 22.6 Å². The summed E-state index contributed by atoms with van der Waals surface area (Å²) >= 11 is 6.14. The van der Waals surface area contributed by atoms with Crippen molar-refractivity contribution < 1.29 is 0 Å². The molecule has 108 valence electrons. The maximum absolute atomic E-state index is 6.14. The lowest BCUT2D eigenvalue weighted by molar-refractivity contribution is 0.769. The number of benzene rings is 1. The second kappa shape index (κ2) is 5.43. The lowest BCUT2D eigenvalue weighted by atomic mass is 9.87. The van der Waals surface area contributed by atoms with Crippen LogP contribution in [0, 0.1) is 5.92 Å². The second-order valence-electron chi connectivity index (χ2n) is 5.36. The van der Waals surface area contributed by atoms with Crippen molar-refractivity contribution in [2.45, 2.75) is 6.04 Å². The molecule has 3 nitrogen and oxygen atoms in total. The van der Waals surface area contributed by atoms with Crippen LogP contribution in [0.25, 0.3) is 0 Å². The van der Waals surface area contributed by atoms with Gasteiger partial charge < -0.3 is 5.32 Å². The zero-order valence-corrected chi connectivity index (χ0v) is 12.5. The summed E-state index contributed by atoms with van der Waals surface area (Å²) in [5, 5.41) is 4.25. The molecule has 1 aromatic carbocycles. The van der Waals surface area contributed by atoms with Crippen molar-refractivity contribution in [3.8, 4) is 0 Å². The number of pyridine rings is 1. The third kappa shape index (κ3) is 2.34. The molecule has 2 aromatic rings. The molecule has 2 atom stereocenters. The number of aromatic nitrogens is 1. The molecule has 2 aliphatic rings. The van der Waals surface area contributed by atoms with E-state index in [0.29, 0.717) is 5.02 Å². The van der Waals surface area contributed by atoms with Gasteiger partial charge in [-0.15, -0.1) is 0 Å². The topological polar surface area (TPSA) is 37.3 Å². The van der Waals surface area contributed by atoms with Gasteiger partial charge in [-0.2, -0.15) is 0 Å². The van der Waals surface area contributed by atoms with Gasteiger partial charge in [-0.05, 0) is 35.9 Å². The Morgan fingerprint density at radius 2 is 1.82 bits per heavy atom. The summed E-state index contributed by atoms with van der Waals surface area (Å²) in [7, 11) is 0. The summed E-state index contributed by atoms with van der Waals surface area (Å²) in [6.45, 7) is 0. The molecule has 4 rings (SSSR count). The predicted molar refractivity (Wildman–Crippen MR) is 91.1 cm³/mol. The van der Waals surface area contributed by atoms with Crippen LogP contribution >= 0.6 is 11.6 Å². The van der Waals surface area contributed by atoms with E-state index in [-0.39, 0.29) is 12.0 Å². The molecule has 22 heavy (non-hydrogen) atoms. The summed E-state index contributed by atoms with van der Waals surface area (Å²) in [5.74, 6) is 0.179. The van der Waals surface area contributed by atoms with Crippen LogP contribution in [0.1, 0.15) is 5.56 Å². The second-order valence-corrected chi connectivity index (χ2v) is 5.80. The summed E-state index contributed by atoms with van der Waals surface area (Å²) in [4.78, 5) is 9.01. The van der Waals surface area contributed by atoms with Crippen molar-refractivity contribution in [2.75, 3.05) is 5.32 Å². The Hall–Kier alpha value is -2.39. The van der Waals surface area contributed by atoms with Crippen LogP contribution in [0.2, 0.25) is 5.02 Å². The molecule has 2 unspecified atom stereocenters. The Labute approximate surface area is 134 Å². The highest BCUT2D eigenvalue weighted by molar-refractivity contribution is 6.31. The monoisotopic (exact) mass is 307 g/mol. The summed E-state index contributed by atoms with van der Waals surface area (Å²) in [6, 6.07) is 9.95. The van der Waals surface area contributed by atoms with Crippen molar-refractivity contribution in [3.63, 3.8) is 0 Å². The quantitative estimate of drug-likeness (QED) is 0.848. The van der Waals surface area contributed by atoms with Gasteiger partial charge in [0.1, 0.15) is 0 Å². The molecule has 1 N–H and O–H groups in total. The number of hydrogen-bond acceptors (Lipinski definition) is 3. The number of rotatable bonds is 1. The number of hydrogen-bond donors (Lipinski definition) is 1. The van der Waals surface area contributed by atoms with E-state index in [2.05, 4.69) is 34.6 Å². The number of nitrogens with one attached hydrogen (secondary N) is 1. The van der Waals surface area contributed by atoms with E-state index in [1.165, 1.54) is 0 Å². The number of halogens is 1. The van der Waals surface area contributed by atoms with Gasteiger partial charge in [0.15, 0.2) is 0 Å². The molecular weight excluding hydrogens is 294 g/mol. The highest BCUT2D eigenvalue weighted by Gasteiger charge is 2.28. The third-order valence-corrected chi connectivity index (χ3v) is 4.18. The average molecular weight is 308 g/mol. The van der Waals surface area contributed by atoms with Gasteiger partial charge in [0.05, 0.1) is 23.1 Å². The molecule has 0 fully saturated rings. The van der Waals surface area contributed by atoms with Gasteiger partial charge >= 0.3 is 0 Å². The fourth-order valence-corrected chi connectivity index (χ4v) is 3.06. The number of allylic oxidation sites excluding steroid dienone is 2. The lowest BCUT2D eigenvalue weighted by Crippen LogP contribution is -2.32. The molecule has 4 heteroatoms. The van der Waals surface area contributed by atoms with E-state index in [9.17, 15) is 0 Å². The van der Waals surface area contributed by atoms with E-state index in [1.54, 1.807) is 12.4 Å². The van der Waals surface area contributed by atoms with Crippen LogP contribution in [0.5, 0.6) is 0 Å². The molecule has 0 bridgehead atoms. The summed E-state index contributed by atoms with van der Waals surface area (Å²) < 4.78 is 0. The van der Waals surface area contributed by atoms with E-state index < -0.39 is 0 Å². The smallest absolute Gasteiger partial charge is 0.0879 e. The number of nitrogens with zero attached hydrogens (tertiary/aromatic N) is 2. The fourth-order valence-electron chi connectivity index (χ4n) is 2.89. The van der Waals surface area contributed by atoms with Crippen molar-refractivity contribution in [2.24, 2.45) is 10.9 Å². The first-order chi connectivity index (χ1) is 10.8. The van der Waals surface area contributed by atoms with Crippen LogP contribution in [-0.4, -0.2) is 16.7 Å². The normalized spacial score (nSPS) is 22.1. The predicted octanol–water partition coefficient (Wildman–Crippen LogP) is 4.39. The Bertz CT molecular complexity index is 793. The van der Waals surface area contributed by atoms with Gasteiger partial charge in [-0.1, -0.05) is 35.9 Å². The minimum atomic E-state index is 0.179. The van der Waals surface area contributed by atoms with Gasteiger partial charge in [0, 0.05) is 23.3 Å². The number of aliphatic imine (C=N–C) groups is 1. The molecule has 2 heterocycles. The van der Waals surface area contributed by atoms with Crippen LogP contribution in [-0.2, 0) is 0 Å². The Balaban J connectivity index is 1.91. The van der Waals surface area contributed by atoms with Crippen LogP contribution in [0.3, 0.4) is 0 Å². The minimum absolute atomic E-state index is 0.179. The van der Waals surface area contributed by atoms with Gasteiger partial charge in [-0.3, -0.25) is 4.98 Å². The average Bonchev–Trinajstić information content (AvgIpc) is 2.72. The maximum Gasteiger partial charge on any atom is 0.0879 e. The van der Waals surface area contributed by atoms with Gasteiger partial charge in [-0.25, -0.2) is 4.99 Å². The van der Waals surface area contributed by atoms with Crippen LogP contribution in [0.15, 0.2) is 72.0 Å². The van der Waals surface area contributed by atoms with Crippen LogP contribution in [0.4, 0.5) is 11.4 Å². The molecule has 0 radical (unpaired) electrons. The van der Waals surface area contributed by atoms with Crippen molar-refractivity contribution in [1.82, 2.24) is 4.98 Å². The standard InChI is InChI=1S/C18H14ClN3/c19-13-5-6-16-17(11-13)22-18(12-7-9-20-10-8-12)14-3-1-2-4-15(14)21-16/h1-11,14-15,21H. The first-order valence-corrected chi connectivity index (χ1v) is 7.59. The third-order valence-electron chi connectivity index (χ3n) is 3.95. The molecule has 0 amide bonds. The van der Waals surface area contributed by atoms with E-state index in [4.69, 9.17) is 16.6 Å². The molecular formula is C18H14ClN3. The summed E-state index contributed by atoms with van der Waals surface area (Å²) in [5.41, 5.74) is 3.99. The van der Waals surface area contributed by atoms with Crippen molar-refractivity contribution in [3.05, 3.63) is 77.6 Å². The molecule has 0 saturated carbocycles. The highest BCUT2D eigenvalue weighted by atomic mass is 35.5. The lowest BCUT2D eigenvalue weighted by Gasteiger charge is -2.25. The first kappa shape index (κ1) is 13.3. The molecule has 0 spiro atoms. The fraction of sp³-hybridized carbons (Fsp3) is 0.111. The first-order valence-electron chi connectivity index (χ1n) is 7.21. The van der Waals surface area contributed by atoms with E-state index in [1.807, 2.05) is 30.3 Å². The number of fused-ring (bicyclic) bond motifs is 2. The molecule has 1 aliphatic heterocycles. The Kier molecular flexibility index (Phi) is 3.28. The molecule has 0 saturated heterocycles. The van der Waals surface area contributed by atoms with E-state index >= 15 is 0 Å². The maximum atomic E-state index is 6.14. The Morgan fingerprint density at radius 3 is 2.68 bits per heavy atom. The largest absolute Gasteiger partial charge is 0.376 e. The van der Waals surface area contributed by atoms with Crippen LogP contribution < -0.4 is 5.32 Å². The highest BCUT2D eigenvalue weighted by Crippen LogP contribution is 2.36. The zero-order valence-electron chi connectivity index (χ0n) is 11.8. The minimum Gasteiger partial charge on any atom is -0.376 e.